The van der Waals surface area contributed by atoms with Gasteiger partial charge in [-0.25, -0.2) is 4.79 Å². The van der Waals surface area contributed by atoms with Gasteiger partial charge in [0.05, 0.1) is 13.0 Å². The molecule has 0 saturated carbocycles. The van der Waals surface area contributed by atoms with Crippen molar-refractivity contribution >= 4 is 23.4 Å². The van der Waals surface area contributed by atoms with E-state index < -0.39 is 23.9 Å². The minimum absolute atomic E-state index is 0.166. The van der Waals surface area contributed by atoms with E-state index in [1.54, 1.807) is 6.92 Å². The number of ether oxygens (including phenoxy) is 1. The molecule has 0 aromatic heterocycles. The van der Waals surface area contributed by atoms with E-state index >= 15 is 0 Å². The average Bonchev–Trinajstić information content (AvgIpc) is 2.60. The standard InChI is InChI=1S/C19H23NO5/c1-2-25-19(24)16(20-17(21)10-11-18(22)23)12-14-8-5-7-13-6-3-4-9-15(13)14/h3-4,6,8-9,16H,2,5,7,10-12H2,1H3,(H,20,21)(H,22,23). The van der Waals surface area contributed by atoms with Crippen molar-refractivity contribution in [2.24, 2.45) is 0 Å². The van der Waals surface area contributed by atoms with E-state index in [0.717, 1.165) is 24.0 Å². The number of amides is 1. The highest BCUT2D eigenvalue weighted by Gasteiger charge is 2.25. The van der Waals surface area contributed by atoms with Crippen molar-refractivity contribution < 1.29 is 24.2 Å². The van der Waals surface area contributed by atoms with Crippen LogP contribution in [0.15, 0.2) is 30.3 Å². The third kappa shape index (κ3) is 5.45. The van der Waals surface area contributed by atoms with Crippen molar-refractivity contribution in [1.82, 2.24) is 5.32 Å². The molecule has 1 aromatic carbocycles. The molecule has 1 aromatic rings. The van der Waals surface area contributed by atoms with Crippen LogP contribution in [-0.4, -0.2) is 35.6 Å². The van der Waals surface area contributed by atoms with Crippen LogP contribution in [-0.2, 0) is 25.5 Å². The molecule has 1 aliphatic carbocycles. The molecule has 2 rings (SSSR count). The van der Waals surface area contributed by atoms with Crippen LogP contribution in [0.2, 0.25) is 0 Å². The Morgan fingerprint density at radius 3 is 2.72 bits per heavy atom. The van der Waals surface area contributed by atoms with Gasteiger partial charge in [0.1, 0.15) is 6.04 Å². The quantitative estimate of drug-likeness (QED) is 0.705. The third-order valence-corrected chi connectivity index (χ3v) is 4.06. The Hall–Kier alpha value is -2.63. The van der Waals surface area contributed by atoms with Gasteiger partial charge in [0, 0.05) is 12.8 Å². The highest BCUT2D eigenvalue weighted by molar-refractivity contribution is 5.88. The maximum absolute atomic E-state index is 12.2. The molecular weight excluding hydrogens is 322 g/mol. The number of allylic oxidation sites excluding steroid dienone is 1. The molecule has 0 heterocycles. The minimum atomic E-state index is -1.05. The van der Waals surface area contributed by atoms with Gasteiger partial charge < -0.3 is 15.2 Å². The van der Waals surface area contributed by atoms with Gasteiger partial charge in [0.25, 0.3) is 0 Å². The van der Waals surface area contributed by atoms with Gasteiger partial charge in [-0.3, -0.25) is 9.59 Å². The van der Waals surface area contributed by atoms with E-state index in [2.05, 4.69) is 17.5 Å². The number of hydrogen-bond donors (Lipinski definition) is 2. The maximum Gasteiger partial charge on any atom is 0.328 e. The Bertz CT molecular complexity index is 680. The molecule has 25 heavy (non-hydrogen) atoms. The number of fused-ring (bicyclic) bond motifs is 1. The zero-order valence-electron chi connectivity index (χ0n) is 14.3. The molecule has 0 spiro atoms. The lowest BCUT2D eigenvalue weighted by atomic mass is 9.87. The summed E-state index contributed by atoms with van der Waals surface area (Å²) in [6.07, 6.45) is 3.81. The molecule has 0 saturated heterocycles. The number of aliphatic carboxylic acids is 1. The van der Waals surface area contributed by atoms with E-state index in [4.69, 9.17) is 9.84 Å². The van der Waals surface area contributed by atoms with Crippen molar-refractivity contribution in [3.05, 3.63) is 41.5 Å². The van der Waals surface area contributed by atoms with Crippen LogP contribution in [0.4, 0.5) is 0 Å². The predicted octanol–water partition coefficient (Wildman–Crippen LogP) is 2.32. The average molecular weight is 345 g/mol. The lowest BCUT2D eigenvalue weighted by Crippen LogP contribution is -2.42. The summed E-state index contributed by atoms with van der Waals surface area (Å²) >= 11 is 0. The van der Waals surface area contributed by atoms with E-state index in [1.165, 1.54) is 5.56 Å². The summed E-state index contributed by atoms with van der Waals surface area (Å²) in [5.41, 5.74) is 3.31. The first kappa shape index (κ1) is 18.7. The fourth-order valence-corrected chi connectivity index (χ4v) is 2.90. The summed E-state index contributed by atoms with van der Waals surface area (Å²) in [6.45, 7) is 1.92. The molecule has 1 unspecified atom stereocenters. The summed E-state index contributed by atoms with van der Waals surface area (Å²) in [4.78, 5) is 34.8. The summed E-state index contributed by atoms with van der Waals surface area (Å²) in [5.74, 6) is -2.02. The molecule has 1 aliphatic rings. The maximum atomic E-state index is 12.2. The molecule has 0 bridgehead atoms. The zero-order valence-corrected chi connectivity index (χ0v) is 14.3. The largest absolute Gasteiger partial charge is 0.481 e. The Kier molecular flexibility index (Phi) is 6.74. The lowest BCUT2D eigenvalue weighted by molar-refractivity contribution is -0.147. The first-order valence-electron chi connectivity index (χ1n) is 8.46. The molecule has 0 aliphatic heterocycles. The molecule has 2 N–H and O–H groups in total. The zero-order chi connectivity index (χ0) is 18.2. The van der Waals surface area contributed by atoms with E-state index in [1.807, 2.05) is 18.2 Å². The van der Waals surface area contributed by atoms with Crippen LogP contribution in [0.5, 0.6) is 0 Å². The number of hydrogen-bond acceptors (Lipinski definition) is 4. The summed E-state index contributed by atoms with van der Waals surface area (Å²) in [7, 11) is 0. The van der Waals surface area contributed by atoms with Gasteiger partial charge in [-0.1, -0.05) is 30.3 Å². The number of aryl methyl sites for hydroxylation is 1. The van der Waals surface area contributed by atoms with Crippen LogP contribution in [0.3, 0.4) is 0 Å². The highest BCUT2D eigenvalue weighted by Crippen LogP contribution is 2.29. The molecule has 0 radical (unpaired) electrons. The van der Waals surface area contributed by atoms with Crippen molar-refractivity contribution in [3.8, 4) is 0 Å². The van der Waals surface area contributed by atoms with Gasteiger partial charge in [-0.2, -0.15) is 0 Å². The summed E-state index contributed by atoms with van der Waals surface area (Å²) in [6, 6.07) is 7.18. The summed E-state index contributed by atoms with van der Waals surface area (Å²) in [5, 5.41) is 11.3. The Morgan fingerprint density at radius 2 is 2.00 bits per heavy atom. The first-order chi connectivity index (χ1) is 12.0. The summed E-state index contributed by atoms with van der Waals surface area (Å²) < 4.78 is 5.06. The number of esters is 1. The second-order valence-electron chi connectivity index (χ2n) is 5.90. The molecule has 0 fully saturated rings. The van der Waals surface area contributed by atoms with Gasteiger partial charge in [0.15, 0.2) is 0 Å². The SMILES string of the molecule is CCOC(=O)C(CC1=CCCc2ccccc21)NC(=O)CCC(=O)O. The number of carboxylic acids is 1. The topological polar surface area (TPSA) is 92.7 Å². The van der Waals surface area contributed by atoms with E-state index in [9.17, 15) is 14.4 Å². The number of benzene rings is 1. The van der Waals surface area contributed by atoms with Crippen molar-refractivity contribution in [2.45, 2.75) is 45.1 Å². The molecule has 6 nitrogen and oxygen atoms in total. The lowest BCUT2D eigenvalue weighted by Gasteiger charge is -2.22. The second kappa shape index (κ2) is 9.01. The van der Waals surface area contributed by atoms with Crippen LogP contribution in [0, 0.1) is 0 Å². The Labute approximate surface area is 146 Å². The van der Waals surface area contributed by atoms with Gasteiger partial charge in [0.2, 0.25) is 5.91 Å². The van der Waals surface area contributed by atoms with Gasteiger partial charge in [-0.15, -0.1) is 0 Å². The van der Waals surface area contributed by atoms with Gasteiger partial charge >= 0.3 is 11.9 Å². The number of carbonyl (C=O) groups is 3. The van der Waals surface area contributed by atoms with Crippen LogP contribution in [0.1, 0.15) is 43.7 Å². The molecule has 1 atom stereocenters. The third-order valence-electron chi connectivity index (χ3n) is 4.06. The van der Waals surface area contributed by atoms with Crippen molar-refractivity contribution in [1.29, 1.82) is 0 Å². The smallest absolute Gasteiger partial charge is 0.328 e. The fourth-order valence-electron chi connectivity index (χ4n) is 2.90. The van der Waals surface area contributed by atoms with Crippen LogP contribution in [0.25, 0.3) is 5.57 Å². The van der Waals surface area contributed by atoms with Gasteiger partial charge in [-0.05, 0) is 36.5 Å². The van der Waals surface area contributed by atoms with Crippen molar-refractivity contribution in [2.75, 3.05) is 6.61 Å². The molecule has 6 heteroatoms. The van der Waals surface area contributed by atoms with E-state index in [-0.39, 0.29) is 19.4 Å². The number of carbonyl (C=O) groups excluding carboxylic acids is 2. The normalized spacial score (nSPS) is 14.0. The molecule has 134 valence electrons. The molecule has 1 amide bonds. The predicted molar refractivity (Wildman–Crippen MR) is 92.8 cm³/mol. The van der Waals surface area contributed by atoms with Crippen LogP contribution < -0.4 is 5.32 Å². The fraction of sp³-hybridized carbons (Fsp3) is 0.421. The molecular formula is C19H23NO5. The monoisotopic (exact) mass is 345 g/mol. The highest BCUT2D eigenvalue weighted by atomic mass is 16.5. The Morgan fingerprint density at radius 1 is 1.24 bits per heavy atom. The van der Waals surface area contributed by atoms with E-state index in [0.29, 0.717) is 6.42 Å². The first-order valence-corrected chi connectivity index (χ1v) is 8.46. The second-order valence-corrected chi connectivity index (χ2v) is 5.90. The van der Waals surface area contributed by atoms with Crippen molar-refractivity contribution in [3.63, 3.8) is 0 Å². The van der Waals surface area contributed by atoms with Crippen LogP contribution >= 0.6 is 0 Å². The minimum Gasteiger partial charge on any atom is -0.481 e. The number of carboxylic acid groups (broad SMARTS) is 1. The number of nitrogens with one attached hydrogen (secondary N) is 1. The Balaban J connectivity index is 2.11. The number of rotatable bonds is 8.